The summed E-state index contributed by atoms with van der Waals surface area (Å²) in [5, 5.41) is 0. The van der Waals surface area contributed by atoms with E-state index in [-0.39, 0.29) is 35.8 Å². The third kappa shape index (κ3) is 5.35. The van der Waals surface area contributed by atoms with Gasteiger partial charge in [-0.05, 0) is 12.1 Å². The summed E-state index contributed by atoms with van der Waals surface area (Å²) in [5.74, 6) is 9.46. The van der Waals surface area contributed by atoms with Crippen LogP contribution in [0.1, 0.15) is 20.7 Å². The molecule has 10 nitrogen and oxygen atoms in total. The van der Waals surface area contributed by atoms with Crippen LogP contribution in [0.5, 0.6) is 11.5 Å². The van der Waals surface area contributed by atoms with Crippen molar-refractivity contribution in [2.45, 2.75) is 0 Å². The molecular formula is C14H22N4O6. The number of ether oxygens (including phenoxy) is 4. The minimum Gasteiger partial charge on any atom is -0.490 e. The van der Waals surface area contributed by atoms with Crippen LogP contribution in [0.25, 0.3) is 0 Å². The molecule has 0 bridgehead atoms. The van der Waals surface area contributed by atoms with Crippen LogP contribution in [0.4, 0.5) is 0 Å². The third-order valence-electron chi connectivity index (χ3n) is 2.92. The van der Waals surface area contributed by atoms with Crippen molar-refractivity contribution in [3.63, 3.8) is 0 Å². The van der Waals surface area contributed by atoms with Crippen molar-refractivity contribution in [2.75, 3.05) is 40.6 Å². The first-order chi connectivity index (χ1) is 11.6. The Morgan fingerprint density at radius 1 is 0.833 bits per heavy atom. The van der Waals surface area contributed by atoms with Gasteiger partial charge in [0, 0.05) is 14.2 Å². The summed E-state index contributed by atoms with van der Waals surface area (Å²) in [7, 11) is 3.02. The summed E-state index contributed by atoms with van der Waals surface area (Å²) >= 11 is 0. The summed E-state index contributed by atoms with van der Waals surface area (Å²) < 4.78 is 20.7. The van der Waals surface area contributed by atoms with Gasteiger partial charge in [0.25, 0.3) is 11.8 Å². The zero-order valence-corrected chi connectivity index (χ0v) is 13.6. The molecular weight excluding hydrogens is 320 g/mol. The molecule has 1 aromatic rings. The molecule has 0 atom stereocenters. The molecule has 0 aliphatic heterocycles. The zero-order valence-electron chi connectivity index (χ0n) is 13.6. The molecule has 0 fully saturated rings. The van der Waals surface area contributed by atoms with Gasteiger partial charge in [0.05, 0.1) is 24.3 Å². The molecule has 0 aromatic heterocycles. The third-order valence-corrected chi connectivity index (χ3v) is 2.92. The number of hydrogen-bond acceptors (Lipinski definition) is 8. The smallest absolute Gasteiger partial charge is 0.269 e. The number of nitrogens with one attached hydrogen (secondary N) is 2. The van der Waals surface area contributed by atoms with Gasteiger partial charge < -0.3 is 18.9 Å². The second kappa shape index (κ2) is 10.4. The van der Waals surface area contributed by atoms with E-state index in [9.17, 15) is 9.59 Å². The molecule has 0 saturated heterocycles. The second-order valence-electron chi connectivity index (χ2n) is 4.47. The van der Waals surface area contributed by atoms with Gasteiger partial charge in [0.2, 0.25) is 0 Å². The highest BCUT2D eigenvalue weighted by atomic mass is 16.5. The Morgan fingerprint density at radius 3 is 1.50 bits per heavy atom. The summed E-state index contributed by atoms with van der Waals surface area (Å²) in [6.07, 6.45) is 0. The molecule has 2 amide bonds. The summed E-state index contributed by atoms with van der Waals surface area (Å²) in [6, 6.07) is 2.70. The van der Waals surface area contributed by atoms with Gasteiger partial charge in [-0.3, -0.25) is 20.4 Å². The van der Waals surface area contributed by atoms with E-state index in [1.165, 1.54) is 26.4 Å². The second-order valence-corrected chi connectivity index (χ2v) is 4.47. The normalized spacial score (nSPS) is 10.2. The Bertz CT molecular complexity index is 517. The van der Waals surface area contributed by atoms with Crippen molar-refractivity contribution < 1.29 is 28.5 Å². The lowest BCUT2D eigenvalue weighted by Crippen LogP contribution is -2.32. The number of amides is 2. The van der Waals surface area contributed by atoms with Gasteiger partial charge in [-0.25, -0.2) is 11.7 Å². The van der Waals surface area contributed by atoms with Gasteiger partial charge in [0.1, 0.15) is 24.7 Å². The predicted octanol–water partition coefficient (Wildman–Crippen LogP) is -1.06. The maximum atomic E-state index is 11.9. The fourth-order valence-corrected chi connectivity index (χ4v) is 1.78. The van der Waals surface area contributed by atoms with Gasteiger partial charge >= 0.3 is 0 Å². The van der Waals surface area contributed by atoms with Crippen LogP contribution in [0, 0.1) is 0 Å². The molecule has 0 heterocycles. The summed E-state index contributed by atoms with van der Waals surface area (Å²) in [4.78, 5) is 23.9. The average molecular weight is 342 g/mol. The molecule has 6 N–H and O–H groups in total. The van der Waals surface area contributed by atoms with E-state index in [0.717, 1.165) is 0 Å². The molecule has 0 radical (unpaired) electrons. The van der Waals surface area contributed by atoms with E-state index >= 15 is 0 Å². The van der Waals surface area contributed by atoms with E-state index in [1.807, 2.05) is 10.9 Å². The van der Waals surface area contributed by atoms with Crippen molar-refractivity contribution >= 4 is 11.8 Å². The molecule has 0 unspecified atom stereocenters. The number of nitrogen functional groups attached to an aromatic ring is 2. The Kier molecular flexibility index (Phi) is 8.50. The van der Waals surface area contributed by atoms with Crippen LogP contribution in [0.15, 0.2) is 12.1 Å². The minimum atomic E-state index is -0.598. The molecule has 10 heteroatoms. The van der Waals surface area contributed by atoms with E-state index in [4.69, 9.17) is 30.6 Å². The van der Waals surface area contributed by atoms with Crippen LogP contribution >= 0.6 is 0 Å². The van der Waals surface area contributed by atoms with Crippen molar-refractivity contribution in [3.8, 4) is 11.5 Å². The highest BCUT2D eigenvalue weighted by molar-refractivity contribution is 6.02. The lowest BCUT2D eigenvalue weighted by Gasteiger charge is -2.16. The molecule has 0 aliphatic carbocycles. The standard InChI is InChI=1S/C14H22N4O6/c1-21-3-5-23-11-7-10(14(20)18-16)12(24-6-4-22-2)8-9(11)13(19)17-15/h7-8H,3-6,15-16H2,1-2H3,(H,17,19)(H,18,20). The van der Waals surface area contributed by atoms with Gasteiger partial charge in [-0.1, -0.05) is 0 Å². The van der Waals surface area contributed by atoms with E-state index in [0.29, 0.717) is 13.2 Å². The van der Waals surface area contributed by atoms with E-state index in [2.05, 4.69) is 0 Å². The fraction of sp³-hybridized carbons (Fsp3) is 0.429. The molecule has 0 saturated carbocycles. The first kappa shape index (κ1) is 19.6. The average Bonchev–Trinajstić information content (AvgIpc) is 2.61. The number of hydrogen-bond donors (Lipinski definition) is 4. The maximum absolute atomic E-state index is 11.9. The quantitative estimate of drug-likeness (QED) is 0.182. The highest BCUT2D eigenvalue weighted by Crippen LogP contribution is 2.29. The largest absolute Gasteiger partial charge is 0.490 e. The molecule has 0 spiro atoms. The van der Waals surface area contributed by atoms with Crippen LogP contribution in [0.3, 0.4) is 0 Å². The monoisotopic (exact) mass is 342 g/mol. The zero-order chi connectivity index (χ0) is 17.9. The van der Waals surface area contributed by atoms with Crippen LogP contribution in [0.2, 0.25) is 0 Å². The predicted molar refractivity (Wildman–Crippen MR) is 84.5 cm³/mol. The van der Waals surface area contributed by atoms with Crippen LogP contribution in [-0.4, -0.2) is 52.5 Å². The van der Waals surface area contributed by atoms with Gasteiger partial charge in [0.15, 0.2) is 0 Å². The van der Waals surface area contributed by atoms with E-state index < -0.39 is 11.8 Å². The van der Waals surface area contributed by atoms with Gasteiger partial charge in [-0.15, -0.1) is 0 Å². The van der Waals surface area contributed by atoms with Crippen molar-refractivity contribution in [1.29, 1.82) is 0 Å². The summed E-state index contributed by atoms with van der Waals surface area (Å²) in [6.45, 7) is 0.951. The molecule has 1 rings (SSSR count). The molecule has 24 heavy (non-hydrogen) atoms. The number of carbonyl (C=O) groups excluding carboxylic acids is 2. The van der Waals surface area contributed by atoms with Crippen molar-refractivity contribution in [2.24, 2.45) is 11.7 Å². The van der Waals surface area contributed by atoms with Gasteiger partial charge in [-0.2, -0.15) is 0 Å². The topological polar surface area (TPSA) is 147 Å². The number of nitrogens with two attached hydrogens (primary N) is 2. The number of carbonyl (C=O) groups is 2. The molecule has 134 valence electrons. The first-order valence-electron chi connectivity index (χ1n) is 7.02. The Balaban J connectivity index is 3.24. The number of benzene rings is 1. The number of methoxy groups -OCH3 is 2. The lowest BCUT2D eigenvalue weighted by atomic mass is 10.1. The molecule has 1 aromatic carbocycles. The van der Waals surface area contributed by atoms with Crippen LogP contribution in [-0.2, 0) is 9.47 Å². The van der Waals surface area contributed by atoms with Crippen molar-refractivity contribution in [3.05, 3.63) is 23.3 Å². The Morgan fingerprint density at radius 2 is 1.21 bits per heavy atom. The SMILES string of the molecule is COCCOc1cc(C(=O)NN)c(OCCOC)cc1C(=O)NN. The number of rotatable bonds is 10. The van der Waals surface area contributed by atoms with Crippen LogP contribution < -0.4 is 32.0 Å². The van der Waals surface area contributed by atoms with Crippen molar-refractivity contribution in [1.82, 2.24) is 10.9 Å². The fourth-order valence-electron chi connectivity index (χ4n) is 1.78. The molecule has 0 aliphatic rings. The highest BCUT2D eigenvalue weighted by Gasteiger charge is 2.21. The van der Waals surface area contributed by atoms with E-state index in [1.54, 1.807) is 0 Å². The number of hydrazine groups is 2. The first-order valence-corrected chi connectivity index (χ1v) is 7.02. The maximum Gasteiger partial charge on any atom is 0.269 e. The Hall–Kier alpha value is -2.40. The minimum absolute atomic E-state index is 0.106. The Labute approximate surface area is 139 Å². The lowest BCUT2D eigenvalue weighted by molar-refractivity contribution is 0.0928. The summed E-state index contributed by atoms with van der Waals surface area (Å²) in [5.41, 5.74) is 4.24.